The third kappa shape index (κ3) is 2.50. The summed E-state index contributed by atoms with van der Waals surface area (Å²) < 4.78 is 0.982. The molecule has 3 nitrogen and oxygen atoms in total. The van der Waals surface area contributed by atoms with Gasteiger partial charge in [0.15, 0.2) is 5.78 Å². The van der Waals surface area contributed by atoms with Gasteiger partial charge in [-0.2, -0.15) is 0 Å². The van der Waals surface area contributed by atoms with Crippen LogP contribution < -0.4 is 5.73 Å². The zero-order chi connectivity index (χ0) is 14.1. The van der Waals surface area contributed by atoms with Crippen molar-refractivity contribution in [3.63, 3.8) is 0 Å². The van der Waals surface area contributed by atoms with Crippen molar-refractivity contribution in [3.05, 3.63) is 57.1 Å². The molecule has 0 bridgehead atoms. The van der Waals surface area contributed by atoms with Crippen LogP contribution in [0.1, 0.15) is 24.9 Å². The molecular formula is C15H11NO2S2. The highest BCUT2D eigenvalue weighted by Crippen LogP contribution is 2.27. The predicted octanol–water partition coefficient (Wildman–Crippen LogP) is 3.49. The molecule has 100 valence electrons. The maximum Gasteiger partial charge on any atom is 0.258 e. The fraction of sp³-hybridized carbons (Fsp3) is 0.0667. The van der Waals surface area contributed by atoms with Gasteiger partial charge in [-0.1, -0.05) is 18.2 Å². The minimum Gasteiger partial charge on any atom is -0.365 e. The van der Waals surface area contributed by atoms with E-state index in [9.17, 15) is 9.59 Å². The summed E-state index contributed by atoms with van der Waals surface area (Å²) in [7, 11) is 0. The molecule has 3 aromatic rings. The molecule has 3 rings (SSSR count). The first kappa shape index (κ1) is 13.0. The molecule has 0 aliphatic carbocycles. The molecule has 0 aliphatic rings. The van der Waals surface area contributed by atoms with E-state index in [0.717, 1.165) is 20.5 Å². The van der Waals surface area contributed by atoms with E-state index in [2.05, 4.69) is 0 Å². The molecule has 5 heteroatoms. The Bertz CT molecular complexity index is 787. The van der Waals surface area contributed by atoms with Crippen molar-refractivity contribution >= 4 is 44.5 Å². The van der Waals surface area contributed by atoms with Gasteiger partial charge in [0.25, 0.3) is 5.91 Å². The number of nitrogens with two attached hydrogens (primary N) is 1. The van der Waals surface area contributed by atoms with Gasteiger partial charge in [-0.3, -0.25) is 9.59 Å². The second kappa shape index (κ2) is 5.19. The molecule has 0 saturated carbocycles. The van der Waals surface area contributed by atoms with Gasteiger partial charge in [0.05, 0.1) is 9.75 Å². The maximum atomic E-state index is 12.1. The van der Waals surface area contributed by atoms with Gasteiger partial charge in [-0.05, 0) is 34.5 Å². The van der Waals surface area contributed by atoms with Gasteiger partial charge in [0, 0.05) is 11.1 Å². The van der Waals surface area contributed by atoms with Crippen molar-refractivity contribution in [1.29, 1.82) is 0 Å². The van der Waals surface area contributed by atoms with Crippen LogP contribution in [0.5, 0.6) is 0 Å². The molecule has 0 aliphatic heterocycles. The van der Waals surface area contributed by atoms with E-state index >= 15 is 0 Å². The SMILES string of the molecule is NC(=O)c1cc2ccc(CC(=O)c3cccs3)cc2s1. The van der Waals surface area contributed by atoms with E-state index in [0.29, 0.717) is 11.3 Å². The van der Waals surface area contributed by atoms with E-state index < -0.39 is 5.91 Å². The highest BCUT2D eigenvalue weighted by molar-refractivity contribution is 7.20. The van der Waals surface area contributed by atoms with Crippen LogP contribution in [0.2, 0.25) is 0 Å². The Labute approximate surface area is 123 Å². The predicted molar refractivity (Wildman–Crippen MR) is 82.7 cm³/mol. The Morgan fingerprint density at radius 1 is 1.10 bits per heavy atom. The normalized spacial score (nSPS) is 10.8. The van der Waals surface area contributed by atoms with Crippen molar-refractivity contribution in [2.24, 2.45) is 5.73 Å². The molecule has 0 spiro atoms. The summed E-state index contributed by atoms with van der Waals surface area (Å²) in [4.78, 5) is 24.5. The lowest BCUT2D eigenvalue weighted by molar-refractivity contribution is 0.0991. The first-order valence-corrected chi connectivity index (χ1v) is 7.72. The molecule has 0 unspecified atom stereocenters. The average molecular weight is 301 g/mol. The monoisotopic (exact) mass is 301 g/mol. The summed E-state index contributed by atoms with van der Waals surface area (Å²) in [6.45, 7) is 0. The number of fused-ring (bicyclic) bond motifs is 1. The Morgan fingerprint density at radius 2 is 1.95 bits per heavy atom. The van der Waals surface area contributed by atoms with Crippen LogP contribution in [0.3, 0.4) is 0 Å². The number of Topliss-reactive ketones (excluding diaryl/α,β-unsaturated/α-hetero) is 1. The van der Waals surface area contributed by atoms with E-state index in [4.69, 9.17) is 5.73 Å². The van der Waals surface area contributed by atoms with E-state index in [1.165, 1.54) is 22.7 Å². The Morgan fingerprint density at radius 3 is 2.65 bits per heavy atom. The maximum absolute atomic E-state index is 12.1. The fourth-order valence-electron chi connectivity index (χ4n) is 2.02. The quantitative estimate of drug-likeness (QED) is 0.750. The van der Waals surface area contributed by atoms with Gasteiger partial charge >= 0.3 is 0 Å². The molecule has 0 atom stereocenters. The summed E-state index contributed by atoms with van der Waals surface area (Å²) in [5.74, 6) is -0.298. The number of hydrogen-bond donors (Lipinski definition) is 1. The van der Waals surface area contributed by atoms with Crippen molar-refractivity contribution in [3.8, 4) is 0 Å². The van der Waals surface area contributed by atoms with Crippen LogP contribution in [-0.2, 0) is 6.42 Å². The van der Waals surface area contributed by atoms with E-state index in [-0.39, 0.29) is 5.78 Å². The van der Waals surface area contributed by atoms with Crippen LogP contribution in [0, 0.1) is 0 Å². The lowest BCUT2D eigenvalue weighted by Gasteiger charge is -1.99. The number of benzene rings is 1. The van der Waals surface area contributed by atoms with Gasteiger partial charge in [-0.15, -0.1) is 22.7 Å². The van der Waals surface area contributed by atoms with Gasteiger partial charge in [-0.25, -0.2) is 0 Å². The van der Waals surface area contributed by atoms with Crippen molar-refractivity contribution in [1.82, 2.24) is 0 Å². The minimum atomic E-state index is -0.414. The number of hydrogen-bond acceptors (Lipinski definition) is 4. The fourth-order valence-corrected chi connectivity index (χ4v) is 3.66. The highest BCUT2D eigenvalue weighted by Gasteiger charge is 2.10. The molecule has 2 N–H and O–H groups in total. The van der Waals surface area contributed by atoms with Gasteiger partial charge in [0.2, 0.25) is 0 Å². The lowest BCUT2D eigenvalue weighted by Crippen LogP contribution is -2.07. The molecule has 0 fully saturated rings. The second-order valence-electron chi connectivity index (χ2n) is 4.42. The number of ketones is 1. The zero-order valence-corrected chi connectivity index (χ0v) is 12.1. The smallest absolute Gasteiger partial charge is 0.258 e. The summed E-state index contributed by atoms with van der Waals surface area (Å²) in [5, 5.41) is 2.88. The van der Waals surface area contributed by atoms with Crippen LogP contribution in [-0.4, -0.2) is 11.7 Å². The number of thiophene rings is 2. The molecule has 0 radical (unpaired) electrons. The number of amides is 1. The molecule has 2 aromatic heterocycles. The van der Waals surface area contributed by atoms with Crippen LogP contribution in [0.4, 0.5) is 0 Å². The first-order valence-electron chi connectivity index (χ1n) is 6.02. The van der Waals surface area contributed by atoms with E-state index in [1.807, 2.05) is 35.7 Å². The number of primary amides is 1. The van der Waals surface area contributed by atoms with Crippen LogP contribution in [0.25, 0.3) is 10.1 Å². The van der Waals surface area contributed by atoms with Crippen LogP contribution in [0.15, 0.2) is 41.8 Å². The molecule has 2 heterocycles. The summed E-state index contributed by atoms with van der Waals surface area (Å²) in [6.07, 6.45) is 0.375. The molecule has 20 heavy (non-hydrogen) atoms. The van der Waals surface area contributed by atoms with Gasteiger partial charge in [0.1, 0.15) is 0 Å². The average Bonchev–Trinajstić information content (AvgIpc) is 3.07. The Hall–Kier alpha value is -1.98. The van der Waals surface area contributed by atoms with Crippen LogP contribution >= 0.6 is 22.7 Å². The van der Waals surface area contributed by atoms with Crippen molar-refractivity contribution in [2.45, 2.75) is 6.42 Å². The molecule has 0 saturated heterocycles. The second-order valence-corrected chi connectivity index (χ2v) is 6.46. The summed E-state index contributed by atoms with van der Waals surface area (Å²) >= 11 is 2.81. The Balaban J connectivity index is 1.89. The first-order chi connectivity index (χ1) is 9.63. The molecular weight excluding hydrogens is 290 g/mol. The third-order valence-electron chi connectivity index (χ3n) is 2.99. The largest absolute Gasteiger partial charge is 0.365 e. The molecule has 1 amide bonds. The number of carbonyl (C=O) groups is 2. The minimum absolute atomic E-state index is 0.117. The summed E-state index contributed by atoms with van der Waals surface area (Å²) in [6, 6.07) is 11.3. The van der Waals surface area contributed by atoms with Crippen molar-refractivity contribution in [2.75, 3.05) is 0 Å². The lowest BCUT2D eigenvalue weighted by atomic mass is 10.1. The zero-order valence-electron chi connectivity index (χ0n) is 10.5. The topological polar surface area (TPSA) is 60.2 Å². The van der Waals surface area contributed by atoms with E-state index in [1.54, 1.807) is 6.07 Å². The molecule has 1 aromatic carbocycles. The standard InChI is InChI=1S/C15H11NO2S2/c16-15(18)14-8-10-4-3-9(7-13(10)20-14)6-11(17)12-2-1-5-19-12/h1-5,7-8H,6H2,(H2,16,18). The number of carbonyl (C=O) groups excluding carboxylic acids is 2. The summed E-state index contributed by atoms with van der Waals surface area (Å²) in [5.41, 5.74) is 6.23. The highest BCUT2D eigenvalue weighted by atomic mass is 32.1. The third-order valence-corrected chi connectivity index (χ3v) is 5.01. The van der Waals surface area contributed by atoms with Crippen molar-refractivity contribution < 1.29 is 9.59 Å². The van der Waals surface area contributed by atoms with Gasteiger partial charge < -0.3 is 5.73 Å². The Kier molecular flexibility index (Phi) is 3.38. The number of rotatable bonds is 4.